The molecule has 62 valence electrons. The molecule has 1 saturated carbocycles. The van der Waals surface area contributed by atoms with Gasteiger partial charge in [0.15, 0.2) is 0 Å². The molecule has 0 aliphatic heterocycles. The smallest absolute Gasteiger partial charge is 0.0572 e. The Kier molecular flexibility index (Phi) is 2.87. The second-order valence-corrected chi connectivity index (χ2v) is 2.65. The Morgan fingerprint density at radius 1 is 1.40 bits per heavy atom. The molecule has 0 unspecified atom stereocenters. The first-order valence-corrected chi connectivity index (χ1v) is 3.41. The lowest BCUT2D eigenvalue weighted by Gasteiger charge is -2.24. The van der Waals surface area contributed by atoms with Gasteiger partial charge >= 0.3 is 0 Å². The van der Waals surface area contributed by atoms with Crippen LogP contribution in [0.25, 0.3) is 0 Å². The summed E-state index contributed by atoms with van der Waals surface area (Å²) in [5.74, 6) is 0. The number of methoxy groups -OCH3 is 1. The Bertz CT molecular complexity index is 145. The third-order valence-electron chi connectivity index (χ3n) is 1.89. The van der Waals surface area contributed by atoms with Gasteiger partial charge in [0.05, 0.1) is 10.2 Å². The molecule has 0 bridgehead atoms. The number of halogens is 1. The highest BCUT2D eigenvalue weighted by atomic mass is 35.5. The van der Waals surface area contributed by atoms with Gasteiger partial charge in [-0.3, -0.25) is 0 Å². The normalized spacial score (nSPS) is 38.7. The zero-order valence-electron chi connectivity index (χ0n) is 8.88. The van der Waals surface area contributed by atoms with Crippen LogP contribution in [0.3, 0.4) is 0 Å². The molecule has 1 rings (SSSR count). The third kappa shape index (κ3) is 2.86. The Labute approximate surface area is 72.7 Å². The monoisotopic (exact) mass is 168 g/mol. The van der Waals surface area contributed by atoms with Crippen molar-refractivity contribution in [2.45, 2.75) is 37.8 Å². The zero-order chi connectivity index (χ0) is 9.19. The molecule has 1 aliphatic carbocycles. The van der Waals surface area contributed by atoms with Crippen molar-refractivity contribution in [2.24, 2.45) is 5.73 Å². The molecule has 2 N–H and O–H groups in total. The summed E-state index contributed by atoms with van der Waals surface area (Å²) in [6, 6.07) is 0.237. The van der Waals surface area contributed by atoms with Crippen LogP contribution in [0.15, 0.2) is 0 Å². The van der Waals surface area contributed by atoms with Gasteiger partial charge in [0.1, 0.15) is 0 Å². The average Bonchev–Trinajstić information content (AvgIpc) is 1.91. The van der Waals surface area contributed by atoms with Gasteiger partial charge < -0.3 is 10.5 Å². The summed E-state index contributed by atoms with van der Waals surface area (Å²) in [4.78, 5) is 0. The third-order valence-corrected chi connectivity index (χ3v) is 1.89. The van der Waals surface area contributed by atoms with E-state index in [2.05, 4.69) is 0 Å². The summed E-state index contributed by atoms with van der Waals surface area (Å²) in [5, 5.41) is 0. The van der Waals surface area contributed by atoms with Crippen molar-refractivity contribution in [3.63, 3.8) is 0 Å². The van der Waals surface area contributed by atoms with Crippen LogP contribution in [0.5, 0.6) is 0 Å². The fraction of sp³-hybridized carbons (Fsp3) is 1.00. The van der Waals surface area contributed by atoms with Gasteiger partial charge in [0, 0.05) is 13.1 Å². The van der Waals surface area contributed by atoms with E-state index in [1.165, 1.54) is 0 Å². The molecular formula is C7H16ClNO. The molecule has 3 heteroatoms. The van der Waals surface area contributed by atoms with E-state index in [0.29, 0.717) is 0 Å². The second-order valence-electron chi connectivity index (χ2n) is 2.65. The Morgan fingerprint density at radius 2 is 2.00 bits per heavy atom. The van der Waals surface area contributed by atoms with Crippen molar-refractivity contribution in [3.05, 3.63) is 0 Å². The van der Waals surface area contributed by atoms with Crippen LogP contribution in [0.2, 0.25) is 0 Å². The molecule has 0 radical (unpaired) electrons. The number of rotatable bonds is 1. The molecule has 0 heterocycles. The molecule has 2 nitrogen and oxygen atoms in total. The van der Waals surface area contributed by atoms with E-state index in [1.54, 1.807) is 0 Å². The number of hydrogen-bond acceptors (Lipinski definition) is 2. The molecule has 1 fully saturated rings. The minimum absolute atomic E-state index is 0. The Morgan fingerprint density at radius 3 is 2.50 bits per heavy atom. The van der Waals surface area contributed by atoms with Gasteiger partial charge in [0.25, 0.3) is 0 Å². The highest BCUT2D eigenvalue weighted by Gasteiger charge is 2.16. The van der Waals surface area contributed by atoms with Crippen molar-refractivity contribution in [3.8, 4) is 0 Å². The summed E-state index contributed by atoms with van der Waals surface area (Å²) < 4.78 is 25.6. The summed E-state index contributed by atoms with van der Waals surface area (Å²) in [6.45, 7) is 0. The predicted octanol–water partition coefficient (Wildman–Crippen LogP) is 1.32. The Balaban J connectivity index is 0.00000144. The predicted molar refractivity (Wildman–Crippen MR) is 44.5 cm³/mol. The molecule has 1 aliphatic rings. The van der Waals surface area contributed by atoms with E-state index in [1.807, 2.05) is 0 Å². The summed E-state index contributed by atoms with van der Waals surface area (Å²) in [7, 11) is -2.24. The summed E-state index contributed by atoms with van der Waals surface area (Å²) in [6.07, 6.45) is 3.19. The fourth-order valence-corrected chi connectivity index (χ4v) is 1.21. The Hall–Kier alpha value is 0.210. The van der Waals surface area contributed by atoms with E-state index in [4.69, 9.17) is 14.6 Å². The molecule has 0 amide bonds. The van der Waals surface area contributed by atoms with Crippen molar-refractivity contribution >= 4 is 12.4 Å². The first-order chi connectivity index (χ1) is 5.47. The van der Waals surface area contributed by atoms with Crippen LogP contribution in [0.4, 0.5) is 0 Å². The lowest BCUT2D eigenvalue weighted by atomic mass is 9.94. The molecule has 0 atom stereocenters. The molecule has 10 heavy (non-hydrogen) atoms. The van der Waals surface area contributed by atoms with Crippen LogP contribution in [-0.4, -0.2) is 19.2 Å². The largest absolute Gasteiger partial charge is 0.381 e. The van der Waals surface area contributed by atoms with Gasteiger partial charge in [-0.2, -0.15) is 0 Å². The van der Waals surface area contributed by atoms with Gasteiger partial charge in [0.2, 0.25) is 0 Å². The minimum Gasteiger partial charge on any atom is -0.381 e. The first kappa shape index (κ1) is 5.81. The number of nitrogens with two attached hydrogens (primary N) is 1. The van der Waals surface area contributed by atoms with Crippen LogP contribution in [0, 0.1) is 0 Å². The molecule has 0 aromatic carbocycles. The van der Waals surface area contributed by atoms with E-state index >= 15 is 0 Å². The maximum Gasteiger partial charge on any atom is 0.0572 e. The standard InChI is InChI=1S/C7H15NO.ClH/c1-9-7-4-2-6(8)3-5-7;/h6-7H,2-5,8H2,1H3;1H/i1D3;. The van der Waals surface area contributed by atoms with E-state index in [9.17, 15) is 0 Å². The fourth-order valence-electron chi connectivity index (χ4n) is 1.21. The second kappa shape index (κ2) is 4.94. The maximum atomic E-state index is 6.90. The molecular weight excluding hydrogens is 150 g/mol. The van der Waals surface area contributed by atoms with Gasteiger partial charge in [-0.25, -0.2) is 0 Å². The van der Waals surface area contributed by atoms with Gasteiger partial charge in [-0.15, -0.1) is 12.4 Å². The molecule has 0 saturated heterocycles. The van der Waals surface area contributed by atoms with E-state index < -0.39 is 7.04 Å². The lowest BCUT2D eigenvalue weighted by Crippen LogP contribution is -2.29. The molecule has 0 aromatic rings. The van der Waals surface area contributed by atoms with Crippen LogP contribution in [0.1, 0.15) is 29.8 Å². The topological polar surface area (TPSA) is 35.2 Å². The van der Waals surface area contributed by atoms with Crippen molar-refractivity contribution in [2.75, 3.05) is 7.04 Å². The summed E-state index contributed by atoms with van der Waals surface area (Å²) in [5.41, 5.74) is 5.66. The zero-order valence-corrected chi connectivity index (χ0v) is 6.69. The lowest BCUT2D eigenvalue weighted by molar-refractivity contribution is 0.0664. The van der Waals surface area contributed by atoms with Gasteiger partial charge in [-0.05, 0) is 25.7 Å². The first-order valence-electron chi connectivity index (χ1n) is 4.91. The molecule has 0 aromatic heterocycles. The van der Waals surface area contributed by atoms with Crippen LogP contribution in [-0.2, 0) is 4.74 Å². The van der Waals surface area contributed by atoms with Crippen LogP contribution < -0.4 is 5.73 Å². The maximum absolute atomic E-state index is 6.90. The SMILES string of the molecule is Cl.[2H]C([2H])([2H])OC1CCC(N)CC1. The van der Waals surface area contributed by atoms with Crippen molar-refractivity contribution in [1.29, 1.82) is 0 Å². The highest BCUT2D eigenvalue weighted by molar-refractivity contribution is 5.85. The average molecular weight is 169 g/mol. The van der Waals surface area contributed by atoms with Gasteiger partial charge in [-0.1, -0.05) is 0 Å². The van der Waals surface area contributed by atoms with E-state index in [-0.39, 0.29) is 24.6 Å². The minimum atomic E-state index is -2.24. The van der Waals surface area contributed by atoms with Crippen molar-refractivity contribution in [1.82, 2.24) is 0 Å². The number of ether oxygens (including phenoxy) is 1. The van der Waals surface area contributed by atoms with Crippen LogP contribution >= 0.6 is 12.4 Å². The summed E-state index contributed by atoms with van der Waals surface area (Å²) >= 11 is 0. The quantitative estimate of drug-likeness (QED) is 0.641. The van der Waals surface area contributed by atoms with Crippen molar-refractivity contribution < 1.29 is 8.85 Å². The van der Waals surface area contributed by atoms with E-state index in [0.717, 1.165) is 25.7 Å². The highest BCUT2D eigenvalue weighted by Crippen LogP contribution is 2.18. The molecule has 0 spiro atoms. The number of hydrogen-bond donors (Lipinski definition) is 1.